The summed E-state index contributed by atoms with van der Waals surface area (Å²) in [6.45, 7) is 2.88. The number of para-hydroxylation sites is 2. The molecular weight excluding hydrogens is 252 g/mol. The molecule has 1 aromatic carbocycles. The topological polar surface area (TPSA) is 45.5 Å². The number of carbonyl (C=O) groups excluding carboxylic acids is 1. The van der Waals surface area contributed by atoms with Crippen LogP contribution < -0.4 is 10.2 Å². The highest BCUT2D eigenvalue weighted by Gasteiger charge is 2.24. The second-order valence-electron chi connectivity index (χ2n) is 5.09. The van der Waals surface area contributed by atoms with Gasteiger partial charge in [-0.25, -0.2) is 0 Å². The van der Waals surface area contributed by atoms with Gasteiger partial charge in [0.15, 0.2) is 0 Å². The van der Waals surface area contributed by atoms with Crippen molar-refractivity contribution in [1.29, 1.82) is 0 Å². The number of anilines is 2. The Bertz CT molecular complexity index is 592. The van der Waals surface area contributed by atoms with Crippen molar-refractivity contribution in [3.8, 4) is 0 Å². The molecule has 0 aliphatic carbocycles. The summed E-state index contributed by atoms with van der Waals surface area (Å²) in [7, 11) is 0. The van der Waals surface area contributed by atoms with Crippen LogP contribution in [0.15, 0.2) is 47.3 Å². The molecule has 1 aliphatic rings. The van der Waals surface area contributed by atoms with Gasteiger partial charge in [-0.2, -0.15) is 0 Å². The third-order valence-corrected chi connectivity index (χ3v) is 3.68. The van der Waals surface area contributed by atoms with Gasteiger partial charge in [-0.3, -0.25) is 4.79 Å². The summed E-state index contributed by atoms with van der Waals surface area (Å²) in [6, 6.07) is 10.0. The first-order chi connectivity index (χ1) is 9.75. The average molecular weight is 270 g/mol. The third kappa shape index (κ3) is 2.41. The number of benzene rings is 1. The van der Waals surface area contributed by atoms with Crippen molar-refractivity contribution in [2.24, 2.45) is 0 Å². The van der Waals surface area contributed by atoms with E-state index in [1.165, 1.54) is 0 Å². The van der Waals surface area contributed by atoms with Gasteiger partial charge in [0.1, 0.15) is 0 Å². The Morgan fingerprint density at radius 1 is 1.30 bits per heavy atom. The zero-order valence-electron chi connectivity index (χ0n) is 11.5. The van der Waals surface area contributed by atoms with Gasteiger partial charge in [0.05, 0.1) is 29.9 Å². The molecule has 3 rings (SSSR count). The quantitative estimate of drug-likeness (QED) is 0.923. The van der Waals surface area contributed by atoms with E-state index in [0.29, 0.717) is 6.42 Å². The number of hydrogen-bond donors (Lipinski definition) is 1. The Hall–Kier alpha value is -2.23. The van der Waals surface area contributed by atoms with Crippen LogP contribution in [0.3, 0.4) is 0 Å². The largest absolute Gasteiger partial charge is 0.472 e. The van der Waals surface area contributed by atoms with E-state index in [1.807, 2.05) is 35.2 Å². The van der Waals surface area contributed by atoms with Crippen LogP contribution in [0.2, 0.25) is 0 Å². The zero-order valence-corrected chi connectivity index (χ0v) is 11.5. The van der Waals surface area contributed by atoms with Gasteiger partial charge < -0.3 is 14.6 Å². The first-order valence-corrected chi connectivity index (χ1v) is 6.94. The summed E-state index contributed by atoms with van der Waals surface area (Å²) in [5.74, 6) is 0.204. The molecule has 0 spiro atoms. The minimum absolute atomic E-state index is 0.132. The summed E-state index contributed by atoms with van der Waals surface area (Å²) >= 11 is 0. The van der Waals surface area contributed by atoms with Crippen molar-refractivity contribution in [2.75, 3.05) is 16.8 Å². The van der Waals surface area contributed by atoms with E-state index < -0.39 is 0 Å². The van der Waals surface area contributed by atoms with E-state index >= 15 is 0 Å². The van der Waals surface area contributed by atoms with Crippen LogP contribution >= 0.6 is 0 Å². The minimum Gasteiger partial charge on any atom is -0.472 e. The van der Waals surface area contributed by atoms with Crippen molar-refractivity contribution in [1.82, 2.24) is 0 Å². The fourth-order valence-corrected chi connectivity index (χ4v) is 2.57. The molecule has 20 heavy (non-hydrogen) atoms. The molecule has 1 atom stereocenters. The van der Waals surface area contributed by atoms with Gasteiger partial charge in [0.2, 0.25) is 5.91 Å². The van der Waals surface area contributed by atoms with E-state index in [0.717, 1.165) is 29.9 Å². The molecule has 1 fully saturated rings. The molecule has 0 radical (unpaired) electrons. The molecule has 1 saturated heterocycles. The van der Waals surface area contributed by atoms with Gasteiger partial charge >= 0.3 is 0 Å². The Morgan fingerprint density at radius 3 is 2.85 bits per heavy atom. The summed E-state index contributed by atoms with van der Waals surface area (Å²) in [5.41, 5.74) is 3.04. The normalized spacial score (nSPS) is 16.4. The van der Waals surface area contributed by atoms with Gasteiger partial charge in [-0.05, 0) is 31.5 Å². The molecule has 2 aromatic rings. The molecule has 1 amide bonds. The highest BCUT2D eigenvalue weighted by atomic mass is 16.3. The van der Waals surface area contributed by atoms with Crippen molar-refractivity contribution >= 4 is 17.3 Å². The first kappa shape index (κ1) is 12.8. The van der Waals surface area contributed by atoms with Gasteiger partial charge in [0, 0.05) is 18.5 Å². The molecular formula is C16H18N2O2. The standard InChI is InChI=1S/C16H18N2O2/c1-12(13-8-10-20-11-13)17-14-5-2-3-6-15(14)18-9-4-7-16(18)19/h2-3,5-6,8,10-12,17H,4,7,9H2,1H3. The number of hydrogen-bond acceptors (Lipinski definition) is 3. The lowest BCUT2D eigenvalue weighted by molar-refractivity contribution is -0.117. The van der Waals surface area contributed by atoms with Crippen molar-refractivity contribution < 1.29 is 9.21 Å². The molecule has 4 heteroatoms. The van der Waals surface area contributed by atoms with E-state index in [-0.39, 0.29) is 11.9 Å². The number of nitrogens with one attached hydrogen (secondary N) is 1. The van der Waals surface area contributed by atoms with E-state index in [9.17, 15) is 4.79 Å². The number of rotatable bonds is 4. The molecule has 1 aliphatic heterocycles. The molecule has 4 nitrogen and oxygen atoms in total. The highest BCUT2D eigenvalue weighted by molar-refractivity contribution is 5.98. The van der Waals surface area contributed by atoms with Gasteiger partial charge in [-0.1, -0.05) is 12.1 Å². The number of carbonyl (C=O) groups is 1. The first-order valence-electron chi connectivity index (χ1n) is 6.94. The molecule has 1 aromatic heterocycles. The third-order valence-electron chi connectivity index (χ3n) is 3.68. The fourth-order valence-electron chi connectivity index (χ4n) is 2.57. The summed E-state index contributed by atoms with van der Waals surface area (Å²) in [6.07, 6.45) is 4.99. The molecule has 1 unspecified atom stereocenters. The Kier molecular flexibility index (Phi) is 3.46. The number of nitrogens with zero attached hydrogens (tertiary/aromatic N) is 1. The van der Waals surface area contributed by atoms with Crippen LogP contribution in [-0.4, -0.2) is 12.5 Å². The predicted octanol–water partition coefficient (Wildman–Crippen LogP) is 3.58. The van der Waals surface area contributed by atoms with E-state index in [4.69, 9.17) is 4.42 Å². The number of amides is 1. The van der Waals surface area contributed by atoms with Crippen LogP contribution in [0, 0.1) is 0 Å². The maximum Gasteiger partial charge on any atom is 0.227 e. The van der Waals surface area contributed by atoms with Crippen LogP contribution in [-0.2, 0) is 4.79 Å². The summed E-state index contributed by atoms with van der Waals surface area (Å²) < 4.78 is 5.12. The molecule has 0 bridgehead atoms. The second-order valence-corrected chi connectivity index (χ2v) is 5.09. The Morgan fingerprint density at radius 2 is 2.15 bits per heavy atom. The smallest absolute Gasteiger partial charge is 0.227 e. The van der Waals surface area contributed by atoms with Gasteiger partial charge in [-0.15, -0.1) is 0 Å². The molecule has 0 saturated carbocycles. The summed E-state index contributed by atoms with van der Waals surface area (Å²) in [4.78, 5) is 13.8. The van der Waals surface area contributed by atoms with E-state index in [1.54, 1.807) is 12.5 Å². The van der Waals surface area contributed by atoms with Crippen molar-refractivity contribution in [2.45, 2.75) is 25.8 Å². The Balaban J connectivity index is 1.84. The second kappa shape index (κ2) is 5.41. The van der Waals surface area contributed by atoms with Crippen LogP contribution in [0.5, 0.6) is 0 Å². The maximum absolute atomic E-state index is 11.9. The highest BCUT2D eigenvalue weighted by Crippen LogP contribution is 2.31. The lowest BCUT2D eigenvalue weighted by Crippen LogP contribution is -2.25. The minimum atomic E-state index is 0.132. The predicted molar refractivity (Wildman–Crippen MR) is 78.8 cm³/mol. The fraction of sp³-hybridized carbons (Fsp3) is 0.312. The van der Waals surface area contributed by atoms with Crippen LogP contribution in [0.1, 0.15) is 31.4 Å². The van der Waals surface area contributed by atoms with Gasteiger partial charge in [0.25, 0.3) is 0 Å². The van der Waals surface area contributed by atoms with Crippen molar-refractivity contribution in [3.63, 3.8) is 0 Å². The molecule has 104 valence electrons. The average Bonchev–Trinajstić information content (AvgIpc) is 3.10. The number of furan rings is 1. The molecule has 2 heterocycles. The van der Waals surface area contributed by atoms with Crippen molar-refractivity contribution in [3.05, 3.63) is 48.4 Å². The van der Waals surface area contributed by atoms with Crippen LogP contribution in [0.25, 0.3) is 0 Å². The summed E-state index contributed by atoms with van der Waals surface area (Å²) in [5, 5.41) is 3.46. The van der Waals surface area contributed by atoms with Crippen LogP contribution in [0.4, 0.5) is 11.4 Å². The lowest BCUT2D eigenvalue weighted by atomic mass is 10.1. The molecule has 1 N–H and O–H groups in total. The van der Waals surface area contributed by atoms with E-state index in [2.05, 4.69) is 12.2 Å². The lowest BCUT2D eigenvalue weighted by Gasteiger charge is -2.22. The SMILES string of the molecule is CC(Nc1ccccc1N1CCCC1=O)c1ccoc1. The maximum atomic E-state index is 11.9. The zero-order chi connectivity index (χ0) is 13.9. The Labute approximate surface area is 118 Å². The monoisotopic (exact) mass is 270 g/mol.